The Morgan fingerprint density at radius 1 is 1.28 bits per heavy atom. The lowest BCUT2D eigenvalue weighted by Gasteiger charge is -2.24. The molecule has 0 bridgehead atoms. The first kappa shape index (κ1) is 12.8. The van der Waals surface area contributed by atoms with Gasteiger partial charge in [0.15, 0.2) is 0 Å². The fourth-order valence-electron chi connectivity index (χ4n) is 2.44. The molecule has 3 heteroatoms. The third kappa shape index (κ3) is 3.19. The average molecular weight is 244 g/mol. The monoisotopic (exact) mass is 244 g/mol. The minimum absolute atomic E-state index is 0.101. The van der Waals surface area contributed by atoms with E-state index < -0.39 is 0 Å². The molecular weight excluding hydrogens is 224 g/mol. The summed E-state index contributed by atoms with van der Waals surface area (Å²) in [6.07, 6.45) is 4.51. The zero-order valence-electron chi connectivity index (χ0n) is 11.1. The van der Waals surface area contributed by atoms with Crippen LogP contribution >= 0.6 is 0 Å². The van der Waals surface area contributed by atoms with Gasteiger partial charge in [-0.15, -0.1) is 0 Å². The van der Waals surface area contributed by atoms with Gasteiger partial charge in [0.25, 0.3) is 0 Å². The van der Waals surface area contributed by atoms with E-state index >= 15 is 0 Å². The summed E-state index contributed by atoms with van der Waals surface area (Å²) in [6.45, 7) is 3.59. The maximum Gasteiger partial charge on any atom is 0.236 e. The molecular formula is C15H20N2O. The highest BCUT2D eigenvalue weighted by Gasteiger charge is 2.22. The van der Waals surface area contributed by atoms with E-state index in [2.05, 4.69) is 41.7 Å². The minimum Gasteiger partial charge on any atom is -0.274 e. The van der Waals surface area contributed by atoms with Crippen LogP contribution in [0.2, 0.25) is 0 Å². The molecule has 3 nitrogen and oxygen atoms in total. The van der Waals surface area contributed by atoms with Gasteiger partial charge >= 0.3 is 0 Å². The summed E-state index contributed by atoms with van der Waals surface area (Å²) in [5, 5.41) is 4.28. The highest BCUT2D eigenvalue weighted by atomic mass is 16.2. The Labute approximate surface area is 108 Å². The standard InChI is InChI=1S/C15H20N2O/c1-11-7-9-13(10-8-11)14-5-3-4-6-15(14)17-16-12(2)18/h7-10,14H,3-6H2,1-2H3,(H,16,18). The van der Waals surface area contributed by atoms with Gasteiger partial charge in [-0.2, -0.15) is 5.10 Å². The number of carbonyl (C=O) groups excluding carboxylic acids is 1. The molecule has 1 aromatic carbocycles. The van der Waals surface area contributed by atoms with E-state index in [0.717, 1.165) is 18.6 Å². The molecule has 2 rings (SSSR count). The molecule has 1 atom stereocenters. The highest BCUT2D eigenvalue weighted by molar-refractivity contribution is 5.92. The van der Waals surface area contributed by atoms with Crippen molar-refractivity contribution in [3.8, 4) is 0 Å². The molecule has 0 saturated heterocycles. The van der Waals surface area contributed by atoms with E-state index in [-0.39, 0.29) is 5.91 Å². The normalized spacial score (nSPS) is 21.9. The Morgan fingerprint density at radius 2 is 2.00 bits per heavy atom. The Morgan fingerprint density at radius 3 is 2.67 bits per heavy atom. The van der Waals surface area contributed by atoms with Crippen LogP contribution in [0.3, 0.4) is 0 Å². The summed E-state index contributed by atoms with van der Waals surface area (Å²) >= 11 is 0. The molecule has 1 aliphatic rings. The second-order valence-electron chi connectivity index (χ2n) is 4.98. The Bertz CT molecular complexity index is 448. The first-order valence-corrected chi connectivity index (χ1v) is 6.56. The van der Waals surface area contributed by atoms with Crippen molar-refractivity contribution >= 4 is 11.6 Å². The zero-order chi connectivity index (χ0) is 13.0. The smallest absolute Gasteiger partial charge is 0.236 e. The number of rotatable bonds is 2. The Balaban J connectivity index is 2.19. The second kappa shape index (κ2) is 5.80. The fraction of sp³-hybridized carbons (Fsp3) is 0.467. The molecule has 1 saturated carbocycles. The SMILES string of the molecule is CC(=O)NN=C1CCCCC1c1ccc(C)cc1. The van der Waals surface area contributed by atoms with Gasteiger partial charge in [0.1, 0.15) is 0 Å². The number of benzene rings is 1. The molecule has 1 aliphatic carbocycles. The maximum absolute atomic E-state index is 11.0. The first-order valence-electron chi connectivity index (χ1n) is 6.56. The van der Waals surface area contributed by atoms with Crippen molar-refractivity contribution in [3.05, 3.63) is 35.4 Å². The summed E-state index contributed by atoms with van der Waals surface area (Å²) in [7, 11) is 0. The second-order valence-corrected chi connectivity index (χ2v) is 4.98. The molecule has 0 aromatic heterocycles. The number of nitrogens with one attached hydrogen (secondary N) is 1. The van der Waals surface area contributed by atoms with Crippen LogP contribution < -0.4 is 5.43 Å². The van der Waals surface area contributed by atoms with Crippen LogP contribution in [-0.4, -0.2) is 11.6 Å². The van der Waals surface area contributed by atoms with Crippen molar-refractivity contribution in [2.75, 3.05) is 0 Å². The van der Waals surface area contributed by atoms with Crippen LogP contribution in [-0.2, 0) is 4.79 Å². The Kier molecular flexibility index (Phi) is 4.13. The molecule has 0 spiro atoms. The molecule has 1 aromatic rings. The summed E-state index contributed by atoms with van der Waals surface area (Å²) in [5.74, 6) is 0.266. The predicted octanol–water partition coefficient (Wildman–Crippen LogP) is 3.14. The average Bonchev–Trinajstić information content (AvgIpc) is 2.38. The van der Waals surface area contributed by atoms with Crippen LogP contribution in [0.15, 0.2) is 29.4 Å². The third-order valence-corrected chi connectivity index (χ3v) is 3.41. The number of carbonyl (C=O) groups is 1. The van der Waals surface area contributed by atoms with Gasteiger partial charge in [-0.25, -0.2) is 5.43 Å². The highest BCUT2D eigenvalue weighted by Crippen LogP contribution is 2.30. The molecule has 0 aliphatic heterocycles. The van der Waals surface area contributed by atoms with E-state index in [1.54, 1.807) is 0 Å². The number of amides is 1. The quantitative estimate of drug-likeness (QED) is 0.798. The van der Waals surface area contributed by atoms with Crippen molar-refractivity contribution in [1.82, 2.24) is 5.43 Å². The van der Waals surface area contributed by atoms with E-state index in [9.17, 15) is 4.79 Å². The molecule has 0 heterocycles. The zero-order valence-corrected chi connectivity index (χ0v) is 11.1. The topological polar surface area (TPSA) is 41.5 Å². The van der Waals surface area contributed by atoms with Gasteiger partial charge in [-0.1, -0.05) is 36.2 Å². The van der Waals surface area contributed by atoms with E-state index in [1.807, 2.05) is 0 Å². The molecule has 1 fully saturated rings. The number of hydrogen-bond donors (Lipinski definition) is 1. The number of nitrogens with zero attached hydrogens (tertiary/aromatic N) is 1. The summed E-state index contributed by atoms with van der Waals surface area (Å²) in [5.41, 5.74) is 6.27. The maximum atomic E-state index is 11.0. The van der Waals surface area contributed by atoms with Crippen LogP contribution in [0.4, 0.5) is 0 Å². The first-order chi connectivity index (χ1) is 8.66. The van der Waals surface area contributed by atoms with Crippen molar-refractivity contribution in [2.45, 2.75) is 45.4 Å². The lowest BCUT2D eigenvalue weighted by molar-refractivity contribution is -0.118. The number of aryl methyl sites for hydroxylation is 1. The van der Waals surface area contributed by atoms with Gasteiger partial charge in [-0.05, 0) is 31.7 Å². The third-order valence-electron chi connectivity index (χ3n) is 3.41. The summed E-state index contributed by atoms with van der Waals surface area (Å²) in [4.78, 5) is 11.0. The van der Waals surface area contributed by atoms with Crippen LogP contribution in [0.25, 0.3) is 0 Å². The number of hydrazone groups is 1. The lowest BCUT2D eigenvalue weighted by atomic mass is 9.82. The van der Waals surface area contributed by atoms with Crippen molar-refractivity contribution in [2.24, 2.45) is 5.10 Å². The van der Waals surface area contributed by atoms with Crippen LogP contribution in [0, 0.1) is 6.92 Å². The molecule has 0 radical (unpaired) electrons. The van der Waals surface area contributed by atoms with Gasteiger partial charge in [0.05, 0.1) is 0 Å². The Hall–Kier alpha value is -1.64. The van der Waals surface area contributed by atoms with Crippen molar-refractivity contribution in [1.29, 1.82) is 0 Å². The van der Waals surface area contributed by atoms with Gasteiger partial charge in [0.2, 0.25) is 5.91 Å². The predicted molar refractivity (Wildman–Crippen MR) is 73.6 cm³/mol. The molecule has 96 valence electrons. The van der Waals surface area contributed by atoms with E-state index in [0.29, 0.717) is 5.92 Å². The number of hydrogen-bond acceptors (Lipinski definition) is 2. The van der Waals surface area contributed by atoms with Crippen LogP contribution in [0.1, 0.15) is 49.7 Å². The lowest BCUT2D eigenvalue weighted by Crippen LogP contribution is -2.23. The van der Waals surface area contributed by atoms with Crippen LogP contribution in [0.5, 0.6) is 0 Å². The largest absolute Gasteiger partial charge is 0.274 e. The molecule has 1 N–H and O–H groups in total. The van der Waals surface area contributed by atoms with Gasteiger partial charge in [0, 0.05) is 18.6 Å². The van der Waals surface area contributed by atoms with Crippen molar-refractivity contribution < 1.29 is 4.79 Å². The van der Waals surface area contributed by atoms with Gasteiger partial charge < -0.3 is 0 Å². The summed E-state index contributed by atoms with van der Waals surface area (Å²) in [6, 6.07) is 8.63. The van der Waals surface area contributed by atoms with Crippen molar-refractivity contribution in [3.63, 3.8) is 0 Å². The van der Waals surface area contributed by atoms with E-state index in [4.69, 9.17) is 0 Å². The molecule has 18 heavy (non-hydrogen) atoms. The molecule has 1 amide bonds. The fourth-order valence-corrected chi connectivity index (χ4v) is 2.44. The van der Waals surface area contributed by atoms with Gasteiger partial charge in [-0.3, -0.25) is 4.79 Å². The minimum atomic E-state index is -0.101. The van der Waals surface area contributed by atoms with E-state index in [1.165, 1.54) is 30.9 Å². The summed E-state index contributed by atoms with van der Waals surface area (Å²) < 4.78 is 0. The molecule has 1 unspecified atom stereocenters.